The van der Waals surface area contributed by atoms with Crippen molar-refractivity contribution in [2.75, 3.05) is 13.6 Å². The van der Waals surface area contributed by atoms with Gasteiger partial charge in [-0.1, -0.05) is 62.0 Å². The molecule has 5 aromatic rings. The predicted molar refractivity (Wildman–Crippen MR) is 194 cm³/mol. The van der Waals surface area contributed by atoms with E-state index in [0.29, 0.717) is 41.4 Å². The largest absolute Gasteiger partial charge is 0.480 e. The van der Waals surface area contributed by atoms with Crippen molar-refractivity contribution < 1.29 is 43.5 Å². The molecule has 1 aromatic heterocycles. The Bertz CT molecular complexity index is 2160. The van der Waals surface area contributed by atoms with Gasteiger partial charge in [0.2, 0.25) is 13.6 Å². The smallest absolute Gasteiger partial charge is 0.321 e. The average Bonchev–Trinajstić information content (AvgIpc) is 3.97. The highest BCUT2D eigenvalue weighted by atomic mass is 16.7. The van der Waals surface area contributed by atoms with Crippen LogP contribution in [-0.2, 0) is 22.4 Å². The topological polar surface area (TPSA) is 182 Å². The molecule has 4 aliphatic rings. The number of nitrogens with one attached hydrogen (secondary N) is 2. The van der Waals surface area contributed by atoms with Crippen LogP contribution >= 0.6 is 0 Å². The molecule has 0 bridgehead atoms. The summed E-state index contributed by atoms with van der Waals surface area (Å²) in [6.07, 6.45) is 4.59. The Labute approximate surface area is 299 Å². The van der Waals surface area contributed by atoms with E-state index in [4.69, 9.17) is 29.8 Å². The van der Waals surface area contributed by atoms with Gasteiger partial charge in [-0.3, -0.25) is 19.7 Å². The van der Waals surface area contributed by atoms with E-state index in [2.05, 4.69) is 22.4 Å². The third-order valence-corrected chi connectivity index (χ3v) is 9.16. The number of nitrogens with two attached hydrogens (primary N) is 1. The molecule has 0 saturated heterocycles. The molecule has 9 rings (SSSR count). The first-order chi connectivity index (χ1) is 24.8. The number of H-pyrrole nitrogens is 1. The number of aromatic nitrogens is 1. The summed E-state index contributed by atoms with van der Waals surface area (Å²) in [5.74, 6) is 0.966. The number of carbonyl (C=O) groups excluding carboxylic acids is 1. The summed E-state index contributed by atoms with van der Waals surface area (Å²) in [6, 6.07) is 25.2. The van der Waals surface area contributed by atoms with Crippen LogP contribution in [0.1, 0.15) is 58.2 Å². The standard InChI is InChI=1S/C19H16N2O4.C12H13NO2.C8H6O3.CH4/c22-19(23)14-8-12-11-3-1-2-4-13(11)20-18(12)17(21-14)10-5-6-15-16(7-10)25-9-24-15;13-11(12(14)15)7-9-6-5-8-3-1-2-4-10(8)9;9-4-6-1-2-7-8(3-6)11-5-10-7;/h1-7,14,17,20-21H,8-9H2,(H,22,23);1-4,6,11H,5,7,13H2,(H,14,15);1-4H,5H2;1H4/t14-,17-;11-;;/m11../s1. The van der Waals surface area contributed by atoms with E-state index < -0.39 is 24.0 Å². The number of carboxylic acids is 2. The molecule has 6 N–H and O–H groups in total. The van der Waals surface area contributed by atoms with Crippen LogP contribution in [0.2, 0.25) is 0 Å². The lowest BCUT2D eigenvalue weighted by molar-refractivity contribution is -0.140. The minimum absolute atomic E-state index is 0. The molecule has 4 aromatic carbocycles. The normalized spacial score (nSPS) is 17.5. The van der Waals surface area contributed by atoms with E-state index in [1.165, 1.54) is 5.56 Å². The van der Waals surface area contributed by atoms with Crippen LogP contribution in [0.25, 0.3) is 16.5 Å². The molecule has 3 atom stereocenters. The Morgan fingerprint density at radius 2 is 1.54 bits per heavy atom. The number of hydrogen-bond acceptors (Lipinski definition) is 9. The molecule has 3 aliphatic heterocycles. The third kappa shape index (κ3) is 7.34. The Hall–Kier alpha value is -6.11. The number of benzene rings is 4. The second-order valence-corrected chi connectivity index (χ2v) is 12.3. The minimum Gasteiger partial charge on any atom is -0.480 e. The third-order valence-electron chi connectivity index (χ3n) is 9.16. The van der Waals surface area contributed by atoms with Crippen LogP contribution in [0, 0.1) is 0 Å². The molecule has 0 unspecified atom stereocenters. The molecule has 12 heteroatoms. The van der Waals surface area contributed by atoms with Gasteiger partial charge in [0.1, 0.15) is 18.4 Å². The second-order valence-electron chi connectivity index (χ2n) is 12.3. The number of carbonyl (C=O) groups is 3. The average molecular weight is 706 g/mol. The van der Waals surface area contributed by atoms with Crippen LogP contribution in [0.3, 0.4) is 0 Å². The molecular weight excluding hydrogens is 666 g/mol. The lowest BCUT2D eigenvalue weighted by Crippen LogP contribution is -2.44. The molecule has 0 fully saturated rings. The van der Waals surface area contributed by atoms with Crippen molar-refractivity contribution >= 4 is 34.7 Å². The first-order valence-electron chi connectivity index (χ1n) is 16.4. The highest BCUT2D eigenvalue weighted by Gasteiger charge is 2.34. The van der Waals surface area contributed by atoms with Crippen molar-refractivity contribution in [3.63, 3.8) is 0 Å². The van der Waals surface area contributed by atoms with Crippen molar-refractivity contribution in [3.05, 3.63) is 125 Å². The number of carboxylic acid groups (broad SMARTS) is 2. The van der Waals surface area contributed by atoms with E-state index in [0.717, 1.165) is 51.6 Å². The van der Waals surface area contributed by atoms with Gasteiger partial charge in [0.15, 0.2) is 23.0 Å². The van der Waals surface area contributed by atoms with Crippen LogP contribution in [0.4, 0.5) is 0 Å². The second kappa shape index (κ2) is 15.4. The number of fused-ring (bicyclic) bond motifs is 6. The van der Waals surface area contributed by atoms with Gasteiger partial charge < -0.3 is 39.9 Å². The van der Waals surface area contributed by atoms with Crippen molar-refractivity contribution in [2.24, 2.45) is 5.73 Å². The molecule has 0 radical (unpaired) electrons. The number of aldehydes is 1. The van der Waals surface area contributed by atoms with Gasteiger partial charge >= 0.3 is 11.9 Å². The van der Waals surface area contributed by atoms with Gasteiger partial charge in [-0.2, -0.15) is 0 Å². The Kier molecular flexibility index (Phi) is 10.6. The van der Waals surface area contributed by atoms with Crippen molar-refractivity contribution in [1.29, 1.82) is 0 Å². The zero-order chi connectivity index (χ0) is 35.5. The molecule has 1 aliphatic carbocycles. The van der Waals surface area contributed by atoms with Gasteiger partial charge in [-0.15, -0.1) is 0 Å². The van der Waals surface area contributed by atoms with Crippen molar-refractivity contribution in [2.45, 2.75) is 44.8 Å². The molecule has 4 heterocycles. The number of hydrogen-bond donors (Lipinski definition) is 5. The maximum absolute atomic E-state index is 11.7. The van der Waals surface area contributed by atoms with Gasteiger partial charge in [-0.05, 0) is 77.1 Å². The lowest BCUT2D eigenvalue weighted by Gasteiger charge is -2.29. The van der Waals surface area contributed by atoms with Gasteiger partial charge in [0.25, 0.3) is 0 Å². The van der Waals surface area contributed by atoms with Crippen LogP contribution in [0.15, 0.2) is 91.0 Å². The van der Waals surface area contributed by atoms with Crippen molar-refractivity contribution in [1.82, 2.24) is 10.3 Å². The maximum atomic E-state index is 11.7. The van der Waals surface area contributed by atoms with E-state index in [-0.39, 0.29) is 27.1 Å². The fourth-order valence-electron chi connectivity index (χ4n) is 6.61. The summed E-state index contributed by atoms with van der Waals surface area (Å²) < 4.78 is 21.0. The fourth-order valence-corrected chi connectivity index (χ4v) is 6.61. The maximum Gasteiger partial charge on any atom is 0.321 e. The van der Waals surface area contributed by atoms with E-state index in [1.807, 2.05) is 60.7 Å². The molecule has 0 amide bonds. The van der Waals surface area contributed by atoms with Crippen LogP contribution in [0.5, 0.6) is 23.0 Å². The van der Waals surface area contributed by atoms with Crippen molar-refractivity contribution in [3.8, 4) is 23.0 Å². The zero-order valence-corrected chi connectivity index (χ0v) is 27.3. The highest BCUT2D eigenvalue weighted by Crippen LogP contribution is 2.40. The van der Waals surface area contributed by atoms with Gasteiger partial charge in [0, 0.05) is 28.6 Å². The predicted octanol–water partition coefficient (Wildman–Crippen LogP) is 5.88. The number of aromatic amines is 1. The van der Waals surface area contributed by atoms with E-state index in [9.17, 15) is 19.5 Å². The first kappa shape index (κ1) is 35.7. The number of para-hydroxylation sites is 1. The Morgan fingerprint density at radius 3 is 2.27 bits per heavy atom. The Balaban J connectivity index is 0.000000147. The minimum atomic E-state index is -0.944. The molecule has 52 heavy (non-hydrogen) atoms. The van der Waals surface area contributed by atoms with Crippen LogP contribution < -0.4 is 30.0 Å². The number of aliphatic carboxylic acids is 2. The molecule has 268 valence electrons. The summed E-state index contributed by atoms with van der Waals surface area (Å²) in [6.45, 7) is 0.462. The monoisotopic (exact) mass is 705 g/mol. The fraction of sp³-hybridized carbons (Fsp3) is 0.225. The molecule has 12 nitrogen and oxygen atoms in total. The highest BCUT2D eigenvalue weighted by molar-refractivity contribution is 5.87. The first-order valence-corrected chi connectivity index (χ1v) is 16.4. The number of ether oxygens (including phenoxy) is 4. The summed E-state index contributed by atoms with van der Waals surface area (Å²) in [4.78, 5) is 36.1. The number of allylic oxidation sites excluding steroid dienone is 1. The lowest BCUT2D eigenvalue weighted by atomic mass is 9.90. The van der Waals surface area contributed by atoms with Crippen LogP contribution in [-0.4, -0.2) is 59.1 Å². The zero-order valence-electron chi connectivity index (χ0n) is 27.3. The summed E-state index contributed by atoms with van der Waals surface area (Å²) >= 11 is 0. The molecule has 0 saturated carbocycles. The quantitative estimate of drug-likeness (QED) is 0.133. The summed E-state index contributed by atoms with van der Waals surface area (Å²) in [7, 11) is 0. The SMILES string of the molecule is C.N[C@H](CC1=CCc2ccccc21)C(=O)O.O=C(O)[C@H]1Cc2c([nH]c3ccccc23)[C@@H](c2ccc3c(c2)OCO3)N1.O=Cc1ccc2c(c1)OCO2. The van der Waals surface area contributed by atoms with E-state index in [1.54, 1.807) is 18.2 Å². The summed E-state index contributed by atoms with van der Waals surface area (Å²) in [5, 5.41) is 22.6. The summed E-state index contributed by atoms with van der Waals surface area (Å²) in [5.41, 5.74) is 13.6. The van der Waals surface area contributed by atoms with Gasteiger partial charge in [-0.25, -0.2) is 0 Å². The molecular formula is C40H39N3O9. The Morgan fingerprint density at radius 1 is 0.865 bits per heavy atom. The molecule has 0 spiro atoms. The van der Waals surface area contributed by atoms with Gasteiger partial charge in [0.05, 0.1) is 6.04 Å². The van der Waals surface area contributed by atoms with E-state index >= 15 is 0 Å². The number of rotatable bonds is 6.